The normalized spacial score (nSPS) is 18.8. The van der Waals surface area contributed by atoms with Gasteiger partial charge in [-0.05, 0) is 52.9 Å². The van der Waals surface area contributed by atoms with Crippen molar-refractivity contribution in [1.29, 1.82) is 0 Å². The summed E-state index contributed by atoms with van der Waals surface area (Å²) < 4.78 is 13.5. The zero-order chi connectivity index (χ0) is 9.64. The van der Waals surface area contributed by atoms with E-state index in [2.05, 4.69) is 15.9 Å². The van der Waals surface area contributed by atoms with Crippen molar-refractivity contribution < 1.29 is 9.50 Å². The minimum Gasteiger partial charge on any atom is -0.385 e. The van der Waals surface area contributed by atoms with Gasteiger partial charge < -0.3 is 5.11 Å². The van der Waals surface area contributed by atoms with Crippen LogP contribution in [-0.4, -0.2) is 5.11 Å². The Kier molecular flexibility index (Phi) is 1.96. The molecule has 13 heavy (non-hydrogen) atoms. The van der Waals surface area contributed by atoms with Gasteiger partial charge in [0.2, 0.25) is 0 Å². The second-order valence-electron chi connectivity index (χ2n) is 3.57. The summed E-state index contributed by atoms with van der Waals surface area (Å²) in [4.78, 5) is 0. The smallest absolute Gasteiger partial charge is 0.137 e. The van der Waals surface area contributed by atoms with Crippen molar-refractivity contribution in [2.75, 3.05) is 0 Å². The summed E-state index contributed by atoms with van der Waals surface area (Å²) >= 11 is 3.16. The quantitative estimate of drug-likeness (QED) is 0.806. The lowest BCUT2D eigenvalue weighted by Gasteiger charge is -2.13. The van der Waals surface area contributed by atoms with Gasteiger partial charge in [0, 0.05) is 0 Å². The standard InChI is InChI=1S/C10H10BrFO/c1-6-7(10(13)4-5-10)2-3-8(12)9(6)11/h2-3,13H,4-5H2,1H3. The zero-order valence-corrected chi connectivity index (χ0v) is 8.86. The van der Waals surface area contributed by atoms with Crippen molar-refractivity contribution in [3.63, 3.8) is 0 Å². The molecule has 0 spiro atoms. The van der Waals surface area contributed by atoms with Crippen LogP contribution in [0.2, 0.25) is 0 Å². The van der Waals surface area contributed by atoms with Crippen molar-refractivity contribution in [3.05, 3.63) is 33.5 Å². The molecule has 1 N–H and O–H groups in total. The predicted molar refractivity (Wildman–Crippen MR) is 52.0 cm³/mol. The summed E-state index contributed by atoms with van der Waals surface area (Å²) in [7, 11) is 0. The number of hydrogen-bond donors (Lipinski definition) is 1. The molecule has 70 valence electrons. The molecule has 0 aliphatic heterocycles. The molecule has 1 nitrogen and oxygen atoms in total. The second kappa shape index (κ2) is 2.79. The summed E-state index contributed by atoms with van der Waals surface area (Å²) in [5.74, 6) is -0.273. The summed E-state index contributed by atoms with van der Waals surface area (Å²) in [5, 5.41) is 9.85. The molecule has 0 aromatic heterocycles. The second-order valence-corrected chi connectivity index (χ2v) is 4.36. The highest BCUT2D eigenvalue weighted by Crippen LogP contribution is 2.47. The van der Waals surface area contributed by atoms with Crippen LogP contribution in [0.3, 0.4) is 0 Å². The van der Waals surface area contributed by atoms with Gasteiger partial charge in [0.05, 0.1) is 10.1 Å². The molecule has 1 aliphatic carbocycles. The number of hydrogen-bond acceptors (Lipinski definition) is 1. The summed E-state index contributed by atoms with van der Waals surface area (Å²) in [6, 6.07) is 3.06. The van der Waals surface area contributed by atoms with Gasteiger partial charge in [-0.2, -0.15) is 0 Å². The first-order valence-electron chi connectivity index (χ1n) is 4.22. The molecule has 1 aromatic rings. The Morgan fingerprint density at radius 2 is 2.08 bits per heavy atom. The highest BCUT2D eigenvalue weighted by Gasteiger charge is 2.43. The van der Waals surface area contributed by atoms with Crippen molar-refractivity contribution >= 4 is 15.9 Å². The third-order valence-electron chi connectivity index (χ3n) is 2.56. The number of aliphatic hydroxyl groups is 1. The molecule has 1 aliphatic rings. The summed E-state index contributed by atoms with van der Waals surface area (Å²) in [6.45, 7) is 1.82. The maximum Gasteiger partial charge on any atom is 0.137 e. The van der Waals surface area contributed by atoms with Crippen molar-refractivity contribution in [2.24, 2.45) is 0 Å². The number of benzene rings is 1. The third kappa shape index (κ3) is 1.40. The highest BCUT2D eigenvalue weighted by molar-refractivity contribution is 9.10. The minimum atomic E-state index is -0.680. The molecule has 0 radical (unpaired) electrons. The molecule has 1 saturated carbocycles. The van der Waals surface area contributed by atoms with Crippen LogP contribution in [-0.2, 0) is 5.60 Å². The lowest BCUT2D eigenvalue weighted by molar-refractivity contribution is 0.150. The van der Waals surface area contributed by atoms with Gasteiger partial charge in [0.15, 0.2) is 0 Å². The molecule has 0 saturated heterocycles. The first kappa shape index (κ1) is 9.16. The third-order valence-corrected chi connectivity index (χ3v) is 3.54. The van der Waals surface area contributed by atoms with E-state index >= 15 is 0 Å². The van der Waals surface area contributed by atoms with Crippen LogP contribution >= 0.6 is 15.9 Å². The maximum absolute atomic E-state index is 13.0. The Labute approximate surface area is 84.7 Å². The molecule has 3 heteroatoms. The maximum atomic E-state index is 13.0. The van der Waals surface area contributed by atoms with Crippen molar-refractivity contribution in [1.82, 2.24) is 0 Å². The van der Waals surface area contributed by atoms with Crippen LogP contribution in [0.15, 0.2) is 16.6 Å². The van der Waals surface area contributed by atoms with Gasteiger partial charge in [-0.1, -0.05) is 6.07 Å². The SMILES string of the molecule is Cc1c(C2(O)CC2)ccc(F)c1Br. The molecule has 0 heterocycles. The predicted octanol–water partition coefficient (Wildman–Crippen LogP) is 2.88. The first-order valence-corrected chi connectivity index (χ1v) is 5.01. The van der Waals surface area contributed by atoms with Crippen LogP contribution in [0.1, 0.15) is 24.0 Å². The van der Waals surface area contributed by atoms with Gasteiger partial charge in [-0.15, -0.1) is 0 Å². The molecule has 0 amide bonds. The Morgan fingerprint density at radius 3 is 2.62 bits per heavy atom. The first-order chi connectivity index (χ1) is 6.04. The molecule has 2 rings (SSSR count). The van der Waals surface area contributed by atoms with E-state index in [4.69, 9.17) is 0 Å². The summed E-state index contributed by atoms with van der Waals surface area (Å²) in [6.07, 6.45) is 1.57. The fraction of sp³-hybridized carbons (Fsp3) is 0.400. The van der Waals surface area contributed by atoms with Crippen molar-refractivity contribution in [2.45, 2.75) is 25.4 Å². The van der Waals surface area contributed by atoms with E-state index in [-0.39, 0.29) is 5.82 Å². The van der Waals surface area contributed by atoms with E-state index in [9.17, 15) is 9.50 Å². The van der Waals surface area contributed by atoms with Gasteiger partial charge in [-0.3, -0.25) is 0 Å². The monoisotopic (exact) mass is 244 g/mol. The van der Waals surface area contributed by atoms with E-state index in [1.165, 1.54) is 6.07 Å². The Morgan fingerprint density at radius 1 is 1.46 bits per heavy atom. The fourth-order valence-electron chi connectivity index (χ4n) is 1.54. The average molecular weight is 245 g/mol. The van der Waals surface area contributed by atoms with Gasteiger partial charge in [0.1, 0.15) is 5.82 Å². The Bertz CT molecular complexity index is 358. The largest absolute Gasteiger partial charge is 0.385 e. The zero-order valence-electron chi connectivity index (χ0n) is 7.27. The molecule has 0 bridgehead atoms. The molecule has 1 aromatic carbocycles. The van der Waals surface area contributed by atoms with E-state index < -0.39 is 5.60 Å². The summed E-state index contributed by atoms with van der Waals surface area (Å²) in [5.41, 5.74) is 0.973. The molecule has 1 fully saturated rings. The van der Waals surface area contributed by atoms with Crippen LogP contribution in [0.4, 0.5) is 4.39 Å². The van der Waals surface area contributed by atoms with Crippen LogP contribution in [0.25, 0.3) is 0 Å². The Balaban J connectivity index is 2.54. The molecule has 0 unspecified atom stereocenters. The fourth-order valence-corrected chi connectivity index (χ4v) is 1.89. The van der Waals surface area contributed by atoms with Crippen molar-refractivity contribution in [3.8, 4) is 0 Å². The number of rotatable bonds is 1. The minimum absolute atomic E-state index is 0.273. The lowest BCUT2D eigenvalue weighted by atomic mass is 10.0. The van der Waals surface area contributed by atoms with E-state index in [1.54, 1.807) is 6.07 Å². The van der Waals surface area contributed by atoms with Gasteiger partial charge in [-0.25, -0.2) is 4.39 Å². The van der Waals surface area contributed by atoms with Crippen LogP contribution in [0, 0.1) is 12.7 Å². The van der Waals surface area contributed by atoms with E-state index in [0.717, 1.165) is 24.0 Å². The average Bonchev–Trinajstić information content (AvgIpc) is 2.80. The van der Waals surface area contributed by atoms with Gasteiger partial charge >= 0.3 is 0 Å². The Hall–Kier alpha value is -0.410. The van der Waals surface area contributed by atoms with E-state index in [0.29, 0.717) is 4.47 Å². The topological polar surface area (TPSA) is 20.2 Å². The molecule has 0 atom stereocenters. The van der Waals surface area contributed by atoms with Gasteiger partial charge in [0.25, 0.3) is 0 Å². The highest BCUT2D eigenvalue weighted by atomic mass is 79.9. The molecular formula is C10H10BrFO. The molecular weight excluding hydrogens is 235 g/mol. The number of halogens is 2. The van der Waals surface area contributed by atoms with Crippen LogP contribution in [0.5, 0.6) is 0 Å². The van der Waals surface area contributed by atoms with E-state index in [1.807, 2.05) is 6.92 Å². The lowest BCUT2D eigenvalue weighted by Crippen LogP contribution is -2.07. The van der Waals surface area contributed by atoms with Crippen LogP contribution < -0.4 is 0 Å².